The van der Waals surface area contributed by atoms with Gasteiger partial charge < -0.3 is 19.7 Å². The largest absolute Gasteiger partial charge is 0.493 e. The molecule has 0 radical (unpaired) electrons. The van der Waals surface area contributed by atoms with Gasteiger partial charge in [-0.25, -0.2) is 4.68 Å². The fraction of sp³-hybridized carbons (Fsp3) is 0.261. The number of amides is 2. The Bertz CT molecular complexity index is 1180. The van der Waals surface area contributed by atoms with Crippen LogP contribution in [0.25, 0.3) is 5.69 Å². The molecule has 1 fully saturated rings. The lowest BCUT2D eigenvalue weighted by atomic mass is 10.1. The van der Waals surface area contributed by atoms with Gasteiger partial charge in [0.15, 0.2) is 11.5 Å². The predicted octanol–water partition coefficient (Wildman–Crippen LogP) is 3.84. The van der Waals surface area contributed by atoms with Gasteiger partial charge in [0.05, 0.1) is 31.5 Å². The number of carbonyl (C=O) groups is 2. The molecule has 2 heterocycles. The SMILES string of the molecule is COc1ccc(N2CC(C(=O)Nc3cc(C)nn3-c3cccc(Cl)c3)CC2=O)cc1OC. The molecule has 9 heteroatoms. The number of carbonyl (C=O) groups excluding carboxylic acids is 2. The van der Waals surface area contributed by atoms with Gasteiger partial charge in [-0.05, 0) is 37.3 Å². The Hall–Kier alpha value is -3.52. The molecule has 8 nitrogen and oxygen atoms in total. The average molecular weight is 455 g/mol. The minimum Gasteiger partial charge on any atom is -0.493 e. The number of hydrogen-bond donors (Lipinski definition) is 1. The Morgan fingerprint density at radius 2 is 1.88 bits per heavy atom. The third-order valence-electron chi connectivity index (χ3n) is 5.31. The third kappa shape index (κ3) is 4.27. The van der Waals surface area contributed by atoms with Crippen LogP contribution in [-0.2, 0) is 9.59 Å². The van der Waals surface area contributed by atoms with Gasteiger partial charge in [-0.2, -0.15) is 5.10 Å². The van der Waals surface area contributed by atoms with Crippen molar-refractivity contribution in [2.45, 2.75) is 13.3 Å². The molecule has 4 rings (SSSR count). The van der Waals surface area contributed by atoms with Crippen LogP contribution in [0.2, 0.25) is 5.02 Å². The lowest BCUT2D eigenvalue weighted by molar-refractivity contribution is -0.122. The number of benzene rings is 2. The highest BCUT2D eigenvalue weighted by atomic mass is 35.5. The zero-order valence-electron chi connectivity index (χ0n) is 18.0. The molecule has 1 aliphatic rings. The van der Waals surface area contributed by atoms with Crippen molar-refractivity contribution in [1.29, 1.82) is 0 Å². The van der Waals surface area contributed by atoms with Gasteiger partial charge in [0.2, 0.25) is 11.8 Å². The normalized spacial score (nSPS) is 15.7. The summed E-state index contributed by atoms with van der Waals surface area (Å²) in [5.41, 5.74) is 2.13. The van der Waals surface area contributed by atoms with E-state index in [4.69, 9.17) is 21.1 Å². The van der Waals surface area contributed by atoms with Gasteiger partial charge >= 0.3 is 0 Å². The summed E-state index contributed by atoms with van der Waals surface area (Å²) in [6, 6.07) is 14.2. The Balaban J connectivity index is 1.52. The molecule has 1 N–H and O–H groups in total. The number of anilines is 2. The van der Waals surface area contributed by atoms with Crippen LogP contribution in [0.1, 0.15) is 12.1 Å². The minimum atomic E-state index is -0.501. The van der Waals surface area contributed by atoms with Crippen molar-refractivity contribution in [3.63, 3.8) is 0 Å². The number of aryl methyl sites for hydroxylation is 1. The number of ether oxygens (including phenoxy) is 2. The molecule has 1 aromatic heterocycles. The monoisotopic (exact) mass is 454 g/mol. The fourth-order valence-corrected chi connectivity index (χ4v) is 3.93. The maximum absolute atomic E-state index is 13.0. The third-order valence-corrected chi connectivity index (χ3v) is 5.55. The summed E-state index contributed by atoms with van der Waals surface area (Å²) < 4.78 is 12.2. The smallest absolute Gasteiger partial charge is 0.230 e. The highest BCUT2D eigenvalue weighted by molar-refractivity contribution is 6.30. The van der Waals surface area contributed by atoms with E-state index in [-0.39, 0.29) is 24.8 Å². The van der Waals surface area contributed by atoms with Crippen molar-refractivity contribution < 1.29 is 19.1 Å². The van der Waals surface area contributed by atoms with E-state index in [0.717, 1.165) is 11.4 Å². The molecule has 2 aromatic carbocycles. The van der Waals surface area contributed by atoms with E-state index in [1.807, 2.05) is 19.1 Å². The molecule has 1 aliphatic heterocycles. The van der Waals surface area contributed by atoms with E-state index in [0.29, 0.717) is 28.0 Å². The first-order chi connectivity index (χ1) is 15.4. The molecule has 2 amide bonds. The van der Waals surface area contributed by atoms with E-state index >= 15 is 0 Å². The van der Waals surface area contributed by atoms with E-state index in [2.05, 4.69) is 10.4 Å². The first kappa shape index (κ1) is 21.7. The lowest BCUT2D eigenvalue weighted by Gasteiger charge is -2.18. The Kier molecular flexibility index (Phi) is 6.05. The number of rotatable bonds is 6. The van der Waals surface area contributed by atoms with Crippen LogP contribution < -0.4 is 19.7 Å². The quantitative estimate of drug-likeness (QED) is 0.611. The molecular weight excluding hydrogens is 432 g/mol. The van der Waals surface area contributed by atoms with Gasteiger partial charge in [-0.3, -0.25) is 9.59 Å². The van der Waals surface area contributed by atoms with E-state index < -0.39 is 5.92 Å². The highest BCUT2D eigenvalue weighted by Gasteiger charge is 2.36. The lowest BCUT2D eigenvalue weighted by Crippen LogP contribution is -2.28. The zero-order valence-corrected chi connectivity index (χ0v) is 18.7. The van der Waals surface area contributed by atoms with Crippen molar-refractivity contribution in [3.05, 3.63) is 59.2 Å². The number of nitrogens with zero attached hydrogens (tertiary/aromatic N) is 3. The van der Waals surface area contributed by atoms with E-state index in [9.17, 15) is 9.59 Å². The first-order valence-electron chi connectivity index (χ1n) is 10.1. The summed E-state index contributed by atoms with van der Waals surface area (Å²) >= 11 is 6.11. The Morgan fingerprint density at radius 3 is 2.59 bits per heavy atom. The van der Waals surface area contributed by atoms with Crippen molar-refractivity contribution in [2.24, 2.45) is 5.92 Å². The molecular formula is C23H23ClN4O4. The topological polar surface area (TPSA) is 85.7 Å². The van der Waals surface area contributed by atoms with Crippen LogP contribution in [0.4, 0.5) is 11.5 Å². The molecule has 0 spiro atoms. The molecule has 3 aromatic rings. The number of nitrogens with one attached hydrogen (secondary N) is 1. The second-order valence-electron chi connectivity index (χ2n) is 7.50. The molecule has 1 atom stereocenters. The summed E-state index contributed by atoms with van der Waals surface area (Å²) in [6.45, 7) is 2.11. The molecule has 1 unspecified atom stereocenters. The standard InChI is InChI=1S/C23H23ClN4O4/c1-14-9-21(28(26-14)18-6-4-5-16(24)11-18)25-23(30)15-10-22(29)27(13-15)17-7-8-19(31-2)20(12-17)32-3/h4-9,11-12,15H,10,13H2,1-3H3,(H,25,30). The molecule has 0 bridgehead atoms. The van der Waals surface area contributed by atoms with E-state index in [1.54, 1.807) is 53.1 Å². The maximum atomic E-state index is 13.0. The van der Waals surface area contributed by atoms with Crippen LogP contribution in [0.15, 0.2) is 48.5 Å². The first-order valence-corrected chi connectivity index (χ1v) is 10.4. The zero-order chi connectivity index (χ0) is 22.8. The van der Waals surface area contributed by atoms with Crippen molar-refractivity contribution in [3.8, 4) is 17.2 Å². The summed E-state index contributed by atoms with van der Waals surface area (Å²) in [5, 5.41) is 7.94. The summed E-state index contributed by atoms with van der Waals surface area (Å²) in [6.07, 6.45) is 0.116. The van der Waals surface area contributed by atoms with Crippen LogP contribution in [0, 0.1) is 12.8 Å². The summed E-state index contributed by atoms with van der Waals surface area (Å²) in [5.74, 6) is 0.736. The molecule has 0 saturated carbocycles. The van der Waals surface area contributed by atoms with Gasteiger partial charge in [-0.1, -0.05) is 17.7 Å². The number of methoxy groups -OCH3 is 2. The summed E-state index contributed by atoms with van der Waals surface area (Å²) in [7, 11) is 3.09. The number of hydrogen-bond acceptors (Lipinski definition) is 5. The van der Waals surface area contributed by atoms with Crippen LogP contribution in [-0.4, -0.2) is 42.4 Å². The highest BCUT2D eigenvalue weighted by Crippen LogP contribution is 2.34. The second-order valence-corrected chi connectivity index (χ2v) is 7.93. The predicted molar refractivity (Wildman–Crippen MR) is 122 cm³/mol. The number of halogens is 1. The van der Waals surface area contributed by atoms with Gasteiger partial charge in [0, 0.05) is 35.8 Å². The van der Waals surface area contributed by atoms with Crippen molar-refractivity contribution in [2.75, 3.05) is 31.0 Å². The molecule has 32 heavy (non-hydrogen) atoms. The molecule has 0 aliphatic carbocycles. The number of aromatic nitrogens is 2. The summed E-state index contributed by atoms with van der Waals surface area (Å²) in [4.78, 5) is 27.3. The van der Waals surface area contributed by atoms with Crippen molar-refractivity contribution >= 4 is 34.9 Å². The minimum absolute atomic E-state index is 0.116. The Morgan fingerprint density at radius 1 is 1.09 bits per heavy atom. The van der Waals surface area contributed by atoms with Gasteiger partial charge in [0.25, 0.3) is 0 Å². The van der Waals surface area contributed by atoms with Crippen LogP contribution in [0.3, 0.4) is 0 Å². The van der Waals surface area contributed by atoms with Crippen LogP contribution >= 0.6 is 11.6 Å². The second kappa shape index (κ2) is 8.92. The van der Waals surface area contributed by atoms with Crippen molar-refractivity contribution in [1.82, 2.24) is 9.78 Å². The van der Waals surface area contributed by atoms with Crippen LogP contribution in [0.5, 0.6) is 11.5 Å². The average Bonchev–Trinajstić information content (AvgIpc) is 3.35. The fourth-order valence-electron chi connectivity index (χ4n) is 3.75. The Labute approximate surface area is 190 Å². The maximum Gasteiger partial charge on any atom is 0.230 e. The van der Waals surface area contributed by atoms with Gasteiger partial charge in [-0.15, -0.1) is 0 Å². The molecule has 166 valence electrons. The molecule has 1 saturated heterocycles. The van der Waals surface area contributed by atoms with Gasteiger partial charge in [0.1, 0.15) is 5.82 Å². The van der Waals surface area contributed by atoms with E-state index in [1.165, 1.54) is 7.11 Å².